The van der Waals surface area contributed by atoms with E-state index in [-0.39, 0.29) is 16.8 Å². The van der Waals surface area contributed by atoms with Crippen molar-refractivity contribution in [1.29, 1.82) is 0 Å². The summed E-state index contributed by atoms with van der Waals surface area (Å²) in [4.78, 5) is 16.0. The minimum atomic E-state index is -4.43. The fraction of sp³-hybridized carbons (Fsp3) is 0.0769. The molecule has 7 heteroatoms. The van der Waals surface area contributed by atoms with E-state index in [0.29, 0.717) is 4.60 Å². The van der Waals surface area contributed by atoms with E-state index < -0.39 is 17.5 Å². The van der Waals surface area contributed by atoms with E-state index in [1.807, 2.05) is 0 Å². The number of benzene rings is 1. The molecule has 1 heterocycles. The molecule has 0 amide bonds. The lowest BCUT2D eigenvalue weighted by atomic mass is 10.0. The lowest BCUT2D eigenvalue weighted by molar-refractivity contribution is -0.137. The third-order valence-electron chi connectivity index (χ3n) is 2.66. The van der Waals surface area contributed by atoms with Gasteiger partial charge in [0.25, 0.3) is 0 Å². The molecule has 20 heavy (non-hydrogen) atoms. The Bertz CT molecular complexity index is 654. The number of nitrogens with two attached hydrogens (primary N) is 1. The van der Waals surface area contributed by atoms with E-state index in [1.54, 1.807) is 0 Å². The van der Waals surface area contributed by atoms with Crippen LogP contribution in [0.3, 0.4) is 0 Å². The lowest BCUT2D eigenvalue weighted by Crippen LogP contribution is -2.08. The molecule has 1 aromatic heterocycles. The van der Waals surface area contributed by atoms with Gasteiger partial charge in [0, 0.05) is 17.3 Å². The van der Waals surface area contributed by atoms with Gasteiger partial charge in [-0.2, -0.15) is 13.2 Å². The predicted octanol–water partition coefficient (Wildman–Crippen LogP) is 3.68. The number of anilines is 1. The number of pyridine rings is 1. The van der Waals surface area contributed by atoms with E-state index in [1.165, 1.54) is 12.3 Å². The number of ketones is 1. The van der Waals surface area contributed by atoms with Crippen LogP contribution in [-0.4, -0.2) is 10.8 Å². The Balaban J connectivity index is 2.37. The molecular weight excluding hydrogens is 337 g/mol. The predicted molar refractivity (Wildman–Crippen MR) is 71.2 cm³/mol. The van der Waals surface area contributed by atoms with E-state index in [4.69, 9.17) is 5.73 Å². The molecule has 0 bridgehead atoms. The van der Waals surface area contributed by atoms with Crippen LogP contribution in [0.25, 0.3) is 0 Å². The zero-order valence-electron chi connectivity index (χ0n) is 9.91. The molecule has 0 aliphatic heterocycles. The molecule has 0 atom stereocenters. The van der Waals surface area contributed by atoms with Gasteiger partial charge in [-0.1, -0.05) is 12.1 Å². The van der Waals surface area contributed by atoms with Gasteiger partial charge in [0.05, 0.1) is 11.3 Å². The molecular formula is C13H8BrF3N2O. The molecule has 0 saturated carbocycles. The van der Waals surface area contributed by atoms with Gasteiger partial charge >= 0.3 is 6.18 Å². The van der Waals surface area contributed by atoms with E-state index in [9.17, 15) is 18.0 Å². The average Bonchev–Trinajstić information content (AvgIpc) is 2.40. The van der Waals surface area contributed by atoms with Crippen LogP contribution in [0, 0.1) is 0 Å². The molecule has 0 spiro atoms. The first-order valence-electron chi connectivity index (χ1n) is 5.42. The van der Waals surface area contributed by atoms with Gasteiger partial charge in [0.15, 0.2) is 5.78 Å². The van der Waals surface area contributed by atoms with Crippen LogP contribution in [-0.2, 0) is 6.18 Å². The number of hydrogen-bond donors (Lipinski definition) is 1. The molecule has 0 fully saturated rings. The van der Waals surface area contributed by atoms with E-state index in [0.717, 1.165) is 24.3 Å². The number of carbonyl (C=O) groups excluding carboxylic acids is 1. The molecule has 0 aliphatic carbocycles. The second kappa shape index (κ2) is 5.24. The number of hydrogen-bond acceptors (Lipinski definition) is 3. The van der Waals surface area contributed by atoms with Gasteiger partial charge in [-0.25, -0.2) is 4.98 Å². The second-order valence-corrected chi connectivity index (χ2v) is 4.72. The SMILES string of the molecule is Nc1c(C(=O)c2ccc(C(F)(F)F)cc2)ccnc1Br. The van der Waals surface area contributed by atoms with E-state index in [2.05, 4.69) is 20.9 Å². The Hall–Kier alpha value is -1.89. The number of rotatable bonds is 2. The average molecular weight is 345 g/mol. The number of aromatic nitrogens is 1. The maximum atomic E-state index is 12.4. The largest absolute Gasteiger partial charge is 0.416 e. The fourth-order valence-corrected chi connectivity index (χ4v) is 1.94. The van der Waals surface area contributed by atoms with Crippen LogP contribution >= 0.6 is 15.9 Å². The Labute approximate surface area is 120 Å². The molecule has 2 rings (SSSR count). The molecule has 2 N–H and O–H groups in total. The number of carbonyl (C=O) groups is 1. The van der Waals surface area contributed by atoms with Crippen molar-refractivity contribution in [2.75, 3.05) is 5.73 Å². The molecule has 3 nitrogen and oxygen atoms in total. The van der Waals surface area contributed by atoms with Crippen molar-refractivity contribution >= 4 is 27.4 Å². The normalized spacial score (nSPS) is 11.4. The van der Waals surface area contributed by atoms with Crippen LogP contribution in [0.4, 0.5) is 18.9 Å². The van der Waals surface area contributed by atoms with Crippen molar-refractivity contribution in [3.8, 4) is 0 Å². The van der Waals surface area contributed by atoms with Crippen LogP contribution in [0.15, 0.2) is 41.1 Å². The summed E-state index contributed by atoms with van der Waals surface area (Å²) in [7, 11) is 0. The number of alkyl halides is 3. The smallest absolute Gasteiger partial charge is 0.396 e. The van der Waals surface area contributed by atoms with Gasteiger partial charge in [-0.15, -0.1) is 0 Å². The topological polar surface area (TPSA) is 56.0 Å². The minimum Gasteiger partial charge on any atom is -0.396 e. The lowest BCUT2D eigenvalue weighted by Gasteiger charge is -2.08. The zero-order valence-corrected chi connectivity index (χ0v) is 11.5. The molecule has 2 aromatic rings. The molecule has 0 saturated heterocycles. The maximum Gasteiger partial charge on any atom is 0.416 e. The third-order valence-corrected chi connectivity index (χ3v) is 3.29. The van der Waals surface area contributed by atoms with Gasteiger partial charge in [-0.3, -0.25) is 4.79 Å². The fourth-order valence-electron chi connectivity index (χ4n) is 1.61. The first kappa shape index (κ1) is 14.5. The summed E-state index contributed by atoms with van der Waals surface area (Å²) in [5.41, 5.74) is 5.37. The number of halogens is 4. The summed E-state index contributed by atoms with van der Waals surface area (Å²) in [6, 6.07) is 5.39. The second-order valence-electron chi connectivity index (χ2n) is 3.97. The van der Waals surface area contributed by atoms with Gasteiger partial charge in [0.2, 0.25) is 0 Å². The molecule has 0 radical (unpaired) electrons. The zero-order chi connectivity index (χ0) is 14.9. The Morgan fingerprint density at radius 2 is 1.75 bits per heavy atom. The highest BCUT2D eigenvalue weighted by Gasteiger charge is 2.30. The van der Waals surface area contributed by atoms with Crippen molar-refractivity contribution in [2.45, 2.75) is 6.18 Å². The molecule has 0 aliphatic rings. The van der Waals surface area contributed by atoms with Crippen molar-refractivity contribution in [2.24, 2.45) is 0 Å². The summed E-state index contributed by atoms with van der Waals surface area (Å²) in [6.07, 6.45) is -3.04. The summed E-state index contributed by atoms with van der Waals surface area (Å²) < 4.78 is 37.6. The highest BCUT2D eigenvalue weighted by molar-refractivity contribution is 9.10. The van der Waals surface area contributed by atoms with Crippen LogP contribution in [0.5, 0.6) is 0 Å². The highest BCUT2D eigenvalue weighted by Crippen LogP contribution is 2.30. The Morgan fingerprint density at radius 1 is 1.15 bits per heavy atom. The van der Waals surface area contributed by atoms with Crippen LogP contribution in [0.1, 0.15) is 21.5 Å². The Kier molecular flexibility index (Phi) is 3.80. The van der Waals surface area contributed by atoms with Crippen molar-refractivity contribution in [3.05, 3.63) is 57.8 Å². The maximum absolute atomic E-state index is 12.4. The third kappa shape index (κ3) is 2.82. The standard InChI is InChI=1S/C13H8BrF3N2O/c14-12-10(18)9(5-6-19-12)11(20)7-1-3-8(4-2-7)13(15,16)17/h1-6H,18H2. The van der Waals surface area contributed by atoms with Crippen molar-refractivity contribution in [1.82, 2.24) is 4.98 Å². The first-order valence-corrected chi connectivity index (χ1v) is 6.22. The summed E-state index contributed by atoms with van der Waals surface area (Å²) in [5, 5.41) is 0. The summed E-state index contributed by atoms with van der Waals surface area (Å²) >= 11 is 3.09. The quantitative estimate of drug-likeness (QED) is 0.667. The van der Waals surface area contributed by atoms with Crippen molar-refractivity contribution < 1.29 is 18.0 Å². The number of nitrogens with zero attached hydrogens (tertiary/aromatic N) is 1. The monoisotopic (exact) mass is 344 g/mol. The Morgan fingerprint density at radius 3 is 2.30 bits per heavy atom. The molecule has 0 unspecified atom stereocenters. The minimum absolute atomic E-state index is 0.128. The first-order chi connectivity index (χ1) is 9.30. The van der Waals surface area contributed by atoms with Crippen LogP contribution in [0.2, 0.25) is 0 Å². The van der Waals surface area contributed by atoms with Crippen molar-refractivity contribution in [3.63, 3.8) is 0 Å². The molecule has 104 valence electrons. The van der Waals surface area contributed by atoms with E-state index >= 15 is 0 Å². The highest BCUT2D eigenvalue weighted by atomic mass is 79.9. The van der Waals surface area contributed by atoms with Gasteiger partial charge < -0.3 is 5.73 Å². The number of nitrogen functional groups attached to an aromatic ring is 1. The van der Waals surface area contributed by atoms with Gasteiger partial charge in [0.1, 0.15) is 4.60 Å². The van der Waals surface area contributed by atoms with Crippen LogP contribution < -0.4 is 5.73 Å². The summed E-state index contributed by atoms with van der Waals surface area (Å²) in [6.45, 7) is 0. The summed E-state index contributed by atoms with van der Waals surface area (Å²) in [5.74, 6) is -0.459. The molecule has 1 aromatic carbocycles. The van der Waals surface area contributed by atoms with Gasteiger partial charge in [-0.05, 0) is 34.1 Å².